The van der Waals surface area contributed by atoms with Crippen molar-refractivity contribution in [1.29, 1.82) is 0 Å². The van der Waals surface area contributed by atoms with Gasteiger partial charge in [0.2, 0.25) is 0 Å². The van der Waals surface area contributed by atoms with Gasteiger partial charge in [0.1, 0.15) is 0 Å². The Morgan fingerprint density at radius 2 is 1.97 bits per heavy atom. The molecule has 1 N–H and O–H groups in total. The number of amides is 1. The average molecular weight is 491 g/mol. The van der Waals surface area contributed by atoms with Gasteiger partial charge in [-0.1, -0.05) is 19.9 Å². The molecule has 1 unspecified atom stereocenters. The maximum absolute atomic E-state index is 12.8. The zero-order valence-corrected chi connectivity index (χ0v) is 21.8. The number of hydrogen-bond acceptors (Lipinski definition) is 5. The lowest BCUT2D eigenvalue weighted by atomic mass is 9.89. The molecule has 1 saturated carbocycles. The van der Waals surface area contributed by atoms with Crippen LogP contribution in [0.25, 0.3) is 0 Å². The number of fused-ring (bicyclic) bond motifs is 1. The fourth-order valence-corrected chi connectivity index (χ4v) is 5.24. The molecule has 0 aromatic heterocycles. The number of nitrogens with one attached hydrogen (secondary N) is 1. The number of Topliss-reactive ketones (excluding diaryl/α,β-unsaturated/α-hetero) is 1. The molecular formula is C30H38N2O4. The summed E-state index contributed by atoms with van der Waals surface area (Å²) in [6.45, 7) is 8.23. The first-order valence-electron chi connectivity index (χ1n) is 13.4. The highest BCUT2D eigenvalue weighted by Crippen LogP contribution is 2.39. The van der Waals surface area contributed by atoms with E-state index in [0.29, 0.717) is 18.2 Å². The first-order chi connectivity index (χ1) is 17.3. The van der Waals surface area contributed by atoms with Crippen molar-refractivity contribution in [3.63, 3.8) is 0 Å². The molecule has 2 aliphatic carbocycles. The number of ether oxygens (including phenoxy) is 2. The van der Waals surface area contributed by atoms with Crippen LogP contribution in [0.1, 0.15) is 84.2 Å². The predicted octanol–water partition coefficient (Wildman–Crippen LogP) is 5.72. The highest BCUT2D eigenvalue weighted by atomic mass is 16.7. The van der Waals surface area contributed by atoms with E-state index in [4.69, 9.17) is 9.47 Å². The molecule has 0 radical (unpaired) electrons. The molecule has 0 spiro atoms. The Bertz CT molecular complexity index is 1130. The minimum Gasteiger partial charge on any atom is -0.353 e. The van der Waals surface area contributed by atoms with Gasteiger partial charge in [-0.15, -0.1) is 0 Å². The van der Waals surface area contributed by atoms with Gasteiger partial charge in [0.15, 0.2) is 12.1 Å². The first kappa shape index (κ1) is 25.0. The second-order valence-electron chi connectivity index (χ2n) is 11.2. The second-order valence-corrected chi connectivity index (χ2v) is 11.2. The van der Waals surface area contributed by atoms with Gasteiger partial charge in [0, 0.05) is 47.1 Å². The summed E-state index contributed by atoms with van der Waals surface area (Å²) >= 11 is 0. The fraction of sp³-hybridized carbons (Fsp3) is 0.533. The van der Waals surface area contributed by atoms with Crippen molar-refractivity contribution in [1.82, 2.24) is 5.32 Å². The van der Waals surface area contributed by atoms with Gasteiger partial charge in [0.05, 0.1) is 6.61 Å². The van der Waals surface area contributed by atoms with Crippen LogP contribution in [0.3, 0.4) is 0 Å². The van der Waals surface area contributed by atoms with E-state index in [1.54, 1.807) is 0 Å². The van der Waals surface area contributed by atoms with Crippen LogP contribution in [0.15, 0.2) is 36.4 Å². The molecule has 2 fully saturated rings. The van der Waals surface area contributed by atoms with E-state index in [-0.39, 0.29) is 23.4 Å². The number of carbonyl (C=O) groups excluding carboxylic acids is 2. The summed E-state index contributed by atoms with van der Waals surface area (Å²) in [4.78, 5) is 27.9. The lowest BCUT2D eigenvalue weighted by Gasteiger charge is -2.28. The Balaban J connectivity index is 1.39. The monoisotopic (exact) mass is 490 g/mol. The van der Waals surface area contributed by atoms with E-state index >= 15 is 0 Å². The molecule has 1 heterocycles. The third-order valence-corrected chi connectivity index (χ3v) is 7.53. The zero-order chi connectivity index (χ0) is 25.3. The van der Waals surface area contributed by atoms with Gasteiger partial charge < -0.3 is 19.7 Å². The van der Waals surface area contributed by atoms with E-state index in [2.05, 4.69) is 23.2 Å². The highest BCUT2D eigenvalue weighted by Gasteiger charge is 2.37. The summed E-state index contributed by atoms with van der Waals surface area (Å²) < 4.78 is 11.7. The van der Waals surface area contributed by atoms with Crippen molar-refractivity contribution in [3.8, 4) is 0 Å². The summed E-state index contributed by atoms with van der Waals surface area (Å²) in [5.41, 5.74) is 5.39. The second kappa shape index (κ2) is 10.3. The van der Waals surface area contributed by atoms with Crippen molar-refractivity contribution in [3.05, 3.63) is 58.7 Å². The normalized spacial score (nSPS) is 20.8. The molecule has 1 amide bonds. The fourth-order valence-electron chi connectivity index (χ4n) is 5.24. The number of aryl methyl sites for hydroxylation is 1. The van der Waals surface area contributed by atoms with E-state index in [1.165, 1.54) is 0 Å². The third kappa shape index (κ3) is 5.50. The summed E-state index contributed by atoms with van der Waals surface area (Å²) in [6.07, 6.45) is 6.79. The maximum atomic E-state index is 12.8. The van der Waals surface area contributed by atoms with Crippen LogP contribution in [0.4, 0.5) is 11.4 Å². The van der Waals surface area contributed by atoms with E-state index in [1.807, 2.05) is 44.2 Å². The van der Waals surface area contributed by atoms with Gasteiger partial charge in [-0.2, -0.15) is 0 Å². The molecule has 2 aromatic rings. The van der Waals surface area contributed by atoms with Crippen LogP contribution >= 0.6 is 0 Å². The van der Waals surface area contributed by atoms with E-state index < -0.39 is 0 Å². The van der Waals surface area contributed by atoms with Crippen molar-refractivity contribution >= 4 is 23.1 Å². The van der Waals surface area contributed by atoms with Crippen molar-refractivity contribution in [2.75, 3.05) is 24.7 Å². The molecular weight excluding hydrogens is 452 g/mol. The van der Waals surface area contributed by atoms with Gasteiger partial charge in [-0.3, -0.25) is 9.59 Å². The number of nitrogens with zero attached hydrogens (tertiary/aromatic N) is 1. The van der Waals surface area contributed by atoms with Crippen LogP contribution in [-0.2, 0) is 15.9 Å². The molecule has 6 nitrogen and oxygen atoms in total. The minimum absolute atomic E-state index is 0.0159. The molecule has 1 atom stereocenters. The molecule has 6 heteroatoms. The minimum atomic E-state index is -0.365. The number of ketones is 1. The Morgan fingerprint density at radius 3 is 2.72 bits per heavy atom. The van der Waals surface area contributed by atoms with Gasteiger partial charge >= 0.3 is 0 Å². The third-order valence-electron chi connectivity index (χ3n) is 7.53. The number of hydrogen-bond donors (Lipinski definition) is 1. The van der Waals surface area contributed by atoms with Crippen LogP contribution < -0.4 is 10.2 Å². The lowest BCUT2D eigenvalue weighted by Crippen LogP contribution is -2.27. The smallest absolute Gasteiger partial charge is 0.251 e. The van der Waals surface area contributed by atoms with Crippen LogP contribution in [-0.4, -0.2) is 43.8 Å². The summed E-state index contributed by atoms with van der Waals surface area (Å²) in [6, 6.07) is 12.4. The standard InChI is InChI=1S/C30H38N2O4/c1-20-8-9-21(29(34)31-23-10-11-23)18-26(20)32(14-6-16-36-27-7-4-5-15-35-27)24-12-13-25-22(17-24)19-30(2,3)28(25)33/h8-9,12-13,17-18,23,27H,4-7,10-11,14-16,19H2,1-3H3,(H,31,34). The molecule has 1 aliphatic heterocycles. The zero-order valence-electron chi connectivity index (χ0n) is 21.8. The molecule has 2 aromatic carbocycles. The quantitative estimate of drug-likeness (QED) is 0.455. The molecule has 0 bridgehead atoms. The van der Waals surface area contributed by atoms with Crippen molar-refractivity contribution in [2.45, 2.75) is 78.0 Å². The maximum Gasteiger partial charge on any atom is 0.251 e. The van der Waals surface area contributed by atoms with E-state index in [9.17, 15) is 9.59 Å². The highest BCUT2D eigenvalue weighted by molar-refractivity contribution is 6.05. The predicted molar refractivity (Wildman–Crippen MR) is 141 cm³/mol. The summed E-state index contributed by atoms with van der Waals surface area (Å²) in [5.74, 6) is 0.198. The van der Waals surface area contributed by atoms with Crippen LogP contribution in [0.5, 0.6) is 0 Å². The largest absolute Gasteiger partial charge is 0.353 e. The SMILES string of the molecule is Cc1ccc(C(=O)NC2CC2)cc1N(CCCOC1CCCCO1)c1ccc2c(c1)CC(C)(C)C2=O. The number of rotatable bonds is 9. The molecule has 36 heavy (non-hydrogen) atoms. The average Bonchev–Trinajstić information content (AvgIpc) is 3.65. The lowest BCUT2D eigenvalue weighted by molar-refractivity contribution is -0.162. The van der Waals surface area contributed by atoms with Gasteiger partial charge in [-0.05, 0) is 93.3 Å². The van der Waals surface area contributed by atoms with Gasteiger partial charge in [-0.25, -0.2) is 0 Å². The number of anilines is 2. The molecule has 1 saturated heterocycles. The molecule has 3 aliphatic rings. The Hall–Kier alpha value is -2.70. The molecule has 5 rings (SSSR count). The summed E-state index contributed by atoms with van der Waals surface area (Å²) in [5, 5.41) is 3.10. The topological polar surface area (TPSA) is 67.9 Å². The first-order valence-corrected chi connectivity index (χ1v) is 13.4. The Morgan fingerprint density at radius 1 is 1.14 bits per heavy atom. The summed E-state index contributed by atoms with van der Waals surface area (Å²) in [7, 11) is 0. The van der Waals surface area contributed by atoms with Gasteiger partial charge in [0.25, 0.3) is 5.91 Å². The van der Waals surface area contributed by atoms with Crippen LogP contribution in [0.2, 0.25) is 0 Å². The van der Waals surface area contributed by atoms with Crippen molar-refractivity contribution in [2.24, 2.45) is 5.41 Å². The van der Waals surface area contributed by atoms with Crippen LogP contribution in [0, 0.1) is 12.3 Å². The Kier molecular flexibility index (Phi) is 7.18. The van der Waals surface area contributed by atoms with Crippen molar-refractivity contribution < 1.29 is 19.1 Å². The number of benzene rings is 2. The molecule has 192 valence electrons. The Labute approximate surface area is 214 Å². The number of carbonyl (C=O) groups is 2. The van der Waals surface area contributed by atoms with E-state index in [0.717, 1.165) is 86.2 Å².